The van der Waals surface area contributed by atoms with Crippen LogP contribution in [-0.4, -0.2) is 28.5 Å². The molecule has 132 valence electrons. The molecule has 2 heterocycles. The van der Waals surface area contributed by atoms with E-state index in [1.807, 2.05) is 30.3 Å². The highest BCUT2D eigenvalue weighted by molar-refractivity contribution is 7.16. The normalized spacial score (nSPS) is 10.3. The largest absolute Gasteiger partial charge is 0.466 e. The number of hydrogen-bond acceptors (Lipinski definition) is 6. The first-order valence-electron chi connectivity index (χ1n) is 8.09. The molecule has 0 unspecified atom stereocenters. The molecule has 0 bridgehead atoms. The molecule has 0 atom stereocenters. The van der Waals surface area contributed by atoms with Gasteiger partial charge in [-0.15, -0.1) is 11.3 Å². The minimum Gasteiger partial charge on any atom is -0.466 e. The molecule has 0 saturated carbocycles. The van der Waals surface area contributed by atoms with Crippen LogP contribution < -0.4 is 5.32 Å². The second kappa shape index (κ2) is 8.35. The molecule has 7 heteroatoms. The summed E-state index contributed by atoms with van der Waals surface area (Å²) in [5.41, 5.74) is 2.05. The van der Waals surface area contributed by atoms with Crippen molar-refractivity contribution in [3.8, 4) is 11.3 Å². The van der Waals surface area contributed by atoms with Crippen LogP contribution in [0, 0.1) is 0 Å². The molecule has 0 spiro atoms. The third kappa shape index (κ3) is 4.31. The van der Waals surface area contributed by atoms with Crippen molar-refractivity contribution in [2.45, 2.75) is 13.3 Å². The van der Waals surface area contributed by atoms with Gasteiger partial charge in [0, 0.05) is 28.4 Å². The average Bonchev–Trinajstić information content (AvgIpc) is 3.05. The van der Waals surface area contributed by atoms with Crippen LogP contribution in [0.5, 0.6) is 0 Å². The summed E-state index contributed by atoms with van der Waals surface area (Å²) in [5, 5.41) is 3.22. The lowest BCUT2D eigenvalue weighted by atomic mass is 10.1. The maximum Gasteiger partial charge on any atom is 0.311 e. The summed E-state index contributed by atoms with van der Waals surface area (Å²) in [4.78, 5) is 33.4. The molecule has 3 rings (SSSR count). The Labute approximate surface area is 154 Å². The van der Waals surface area contributed by atoms with Crippen molar-refractivity contribution in [2.24, 2.45) is 0 Å². The van der Waals surface area contributed by atoms with Crippen molar-refractivity contribution in [1.29, 1.82) is 0 Å². The number of carbonyl (C=O) groups excluding carboxylic acids is 2. The van der Waals surface area contributed by atoms with E-state index in [0.29, 0.717) is 23.0 Å². The summed E-state index contributed by atoms with van der Waals surface area (Å²) in [5.74, 6) is -0.594. The minimum atomic E-state index is -0.319. The third-order valence-electron chi connectivity index (χ3n) is 3.52. The third-order valence-corrected chi connectivity index (χ3v) is 4.49. The van der Waals surface area contributed by atoms with Crippen LogP contribution in [0.4, 0.5) is 5.13 Å². The summed E-state index contributed by atoms with van der Waals surface area (Å²) in [6.45, 7) is 2.09. The van der Waals surface area contributed by atoms with Gasteiger partial charge in [-0.2, -0.15) is 0 Å². The number of anilines is 1. The van der Waals surface area contributed by atoms with Gasteiger partial charge < -0.3 is 4.74 Å². The van der Waals surface area contributed by atoms with Gasteiger partial charge in [-0.3, -0.25) is 19.9 Å². The maximum absolute atomic E-state index is 12.3. The summed E-state index contributed by atoms with van der Waals surface area (Å²) in [6, 6.07) is 12.8. The second-order valence-electron chi connectivity index (χ2n) is 5.33. The zero-order valence-electron chi connectivity index (χ0n) is 14.1. The number of pyridine rings is 1. The Hall–Kier alpha value is -3.06. The molecular formula is C19H17N3O3S. The summed E-state index contributed by atoms with van der Waals surface area (Å²) in [6.07, 6.45) is 3.22. The van der Waals surface area contributed by atoms with E-state index < -0.39 is 0 Å². The Kier molecular flexibility index (Phi) is 5.70. The van der Waals surface area contributed by atoms with E-state index in [1.54, 1.807) is 31.5 Å². The van der Waals surface area contributed by atoms with Crippen LogP contribution in [0.1, 0.15) is 22.2 Å². The highest BCUT2D eigenvalue weighted by atomic mass is 32.1. The fourth-order valence-electron chi connectivity index (χ4n) is 2.36. The van der Waals surface area contributed by atoms with Gasteiger partial charge in [-0.25, -0.2) is 4.98 Å². The van der Waals surface area contributed by atoms with Crippen LogP contribution in [0.2, 0.25) is 0 Å². The smallest absolute Gasteiger partial charge is 0.311 e. The Morgan fingerprint density at radius 3 is 2.54 bits per heavy atom. The topological polar surface area (TPSA) is 81.2 Å². The first-order chi connectivity index (χ1) is 12.7. The predicted octanol–water partition coefficient (Wildman–Crippen LogP) is 3.56. The molecular weight excluding hydrogens is 350 g/mol. The van der Waals surface area contributed by atoms with Crippen molar-refractivity contribution < 1.29 is 14.3 Å². The Morgan fingerprint density at radius 2 is 1.85 bits per heavy atom. The standard InChI is InChI=1S/C19H17N3O3S/c1-2-25-16(23)12-15-17(13-6-4-3-5-7-13)21-19(26-15)22-18(24)14-8-10-20-11-9-14/h3-11H,2,12H2,1H3,(H,21,22,24). The van der Waals surface area contributed by atoms with Crippen LogP contribution in [0.3, 0.4) is 0 Å². The highest BCUT2D eigenvalue weighted by Gasteiger charge is 2.18. The molecule has 0 saturated heterocycles. The SMILES string of the molecule is CCOC(=O)Cc1sc(NC(=O)c2ccncc2)nc1-c1ccccc1. The number of aromatic nitrogens is 2. The van der Waals surface area contributed by atoms with E-state index in [-0.39, 0.29) is 18.3 Å². The fraction of sp³-hybridized carbons (Fsp3) is 0.158. The summed E-state index contributed by atoms with van der Waals surface area (Å²) in [7, 11) is 0. The van der Waals surface area contributed by atoms with Crippen LogP contribution in [0.25, 0.3) is 11.3 Å². The molecule has 0 aliphatic carbocycles. The molecule has 1 aromatic carbocycles. The van der Waals surface area contributed by atoms with Gasteiger partial charge in [0.15, 0.2) is 5.13 Å². The fourth-order valence-corrected chi connectivity index (χ4v) is 3.33. The summed E-state index contributed by atoms with van der Waals surface area (Å²) >= 11 is 1.27. The predicted molar refractivity (Wildman–Crippen MR) is 100 cm³/mol. The van der Waals surface area contributed by atoms with Gasteiger partial charge in [-0.1, -0.05) is 30.3 Å². The van der Waals surface area contributed by atoms with Crippen LogP contribution in [0.15, 0.2) is 54.9 Å². The van der Waals surface area contributed by atoms with E-state index in [2.05, 4.69) is 15.3 Å². The number of ether oxygens (including phenoxy) is 1. The van der Waals surface area contributed by atoms with Gasteiger partial charge in [0.05, 0.1) is 18.7 Å². The maximum atomic E-state index is 12.3. The molecule has 0 fully saturated rings. The van der Waals surface area contributed by atoms with E-state index in [1.165, 1.54) is 11.3 Å². The van der Waals surface area contributed by atoms with Gasteiger partial charge in [0.25, 0.3) is 5.91 Å². The Morgan fingerprint density at radius 1 is 1.12 bits per heavy atom. The quantitative estimate of drug-likeness (QED) is 0.674. The van der Waals surface area contributed by atoms with Gasteiger partial charge in [0.2, 0.25) is 0 Å². The number of nitrogens with one attached hydrogen (secondary N) is 1. The van der Waals surface area contributed by atoms with Crippen molar-refractivity contribution in [3.63, 3.8) is 0 Å². The van der Waals surface area contributed by atoms with Gasteiger partial charge in [-0.05, 0) is 19.1 Å². The number of hydrogen-bond donors (Lipinski definition) is 1. The van der Waals surface area contributed by atoms with Crippen LogP contribution >= 0.6 is 11.3 Å². The molecule has 6 nitrogen and oxygen atoms in total. The molecule has 3 aromatic rings. The first kappa shape index (κ1) is 17.8. The molecule has 26 heavy (non-hydrogen) atoms. The van der Waals surface area contributed by atoms with E-state index in [0.717, 1.165) is 10.4 Å². The van der Waals surface area contributed by atoms with Crippen molar-refractivity contribution >= 4 is 28.3 Å². The van der Waals surface area contributed by atoms with E-state index in [9.17, 15) is 9.59 Å². The molecule has 1 amide bonds. The van der Waals surface area contributed by atoms with Gasteiger partial charge >= 0.3 is 5.97 Å². The highest BCUT2D eigenvalue weighted by Crippen LogP contribution is 2.32. The number of carbonyl (C=O) groups is 2. The molecule has 0 aliphatic heterocycles. The lowest BCUT2D eigenvalue weighted by Gasteiger charge is -2.02. The molecule has 1 N–H and O–H groups in total. The number of benzene rings is 1. The lowest BCUT2D eigenvalue weighted by Crippen LogP contribution is -2.11. The zero-order chi connectivity index (χ0) is 18.4. The van der Waals surface area contributed by atoms with E-state index in [4.69, 9.17) is 4.74 Å². The van der Waals surface area contributed by atoms with Crippen molar-refractivity contribution in [2.75, 3.05) is 11.9 Å². The lowest BCUT2D eigenvalue weighted by molar-refractivity contribution is -0.142. The number of thiazole rings is 1. The average molecular weight is 367 g/mol. The van der Waals surface area contributed by atoms with Crippen LogP contribution in [-0.2, 0) is 16.0 Å². The number of rotatable bonds is 6. The summed E-state index contributed by atoms with van der Waals surface area (Å²) < 4.78 is 5.04. The molecule has 0 aliphatic rings. The van der Waals surface area contributed by atoms with Crippen molar-refractivity contribution in [1.82, 2.24) is 9.97 Å². The number of amides is 1. The second-order valence-corrected chi connectivity index (χ2v) is 6.41. The van der Waals surface area contributed by atoms with Crippen molar-refractivity contribution in [3.05, 3.63) is 65.3 Å². The zero-order valence-corrected chi connectivity index (χ0v) is 15.0. The Bertz CT molecular complexity index is 895. The number of esters is 1. The number of nitrogens with zero attached hydrogens (tertiary/aromatic N) is 2. The molecule has 2 aromatic heterocycles. The van der Waals surface area contributed by atoms with Gasteiger partial charge in [0.1, 0.15) is 0 Å². The minimum absolute atomic E-state index is 0.112. The van der Waals surface area contributed by atoms with E-state index >= 15 is 0 Å². The first-order valence-corrected chi connectivity index (χ1v) is 8.91. The Balaban J connectivity index is 1.88. The molecule has 0 radical (unpaired) electrons. The monoisotopic (exact) mass is 367 g/mol.